The summed E-state index contributed by atoms with van der Waals surface area (Å²) in [5.41, 5.74) is 5.11. The summed E-state index contributed by atoms with van der Waals surface area (Å²) < 4.78 is 4.87. The second-order valence-electron chi connectivity index (χ2n) is 8.96. The van der Waals surface area contributed by atoms with Crippen LogP contribution >= 0.6 is 23.2 Å². The van der Waals surface area contributed by atoms with Crippen LogP contribution in [0.5, 0.6) is 0 Å². The van der Waals surface area contributed by atoms with Crippen molar-refractivity contribution in [3.05, 3.63) is 130 Å². The van der Waals surface area contributed by atoms with Crippen LogP contribution in [0.2, 0.25) is 10.0 Å². The second kappa shape index (κ2) is 12.2. The van der Waals surface area contributed by atoms with Crippen LogP contribution in [0.25, 0.3) is 44.3 Å². The van der Waals surface area contributed by atoms with Crippen LogP contribution in [-0.4, -0.2) is 34.1 Å². The molecule has 0 amide bonds. The fourth-order valence-corrected chi connectivity index (χ4v) is 4.71. The lowest BCUT2D eigenvalue weighted by atomic mass is 10.0. The van der Waals surface area contributed by atoms with Gasteiger partial charge in [0, 0.05) is 33.4 Å². The van der Waals surface area contributed by atoms with Gasteiger partial charge < -0.3 is 9.84 Å². The van der Waals surface area contributed by atoms with Crippen LogP contribution in [0, 0.1) is 0 Å². The SMILES string of the molecule is COC(=O)c1cc(-c2ccccc2)nc2cc(Cl)ccc12.O=C(O)c1cc(-c2ccccc2)nc2cc(Cl)ccc12.[2HH]. The number of ether oxygens (including phenoxy) is 1. The molecule has 0 bridgehead atoms. The number of fused-ring (bicyclic) bond motifs is 2. The summed E-state index contributed by atoms with van der Waals surface area (Å²) in [7, 11) is 1.37. The molecule has 0 atom stereocenters. The molecule has 0 fully saturated rings. The van der Waals surface area contributed by atoms with Gasteiger partial charge in [-0.05, 0) is 36.4 Å². The number of carboxylic acids is 1. The van der Waals surface area contributed by atoms with E-state index in [0.717, 1.165) is 16.5 Å². The summed E-state index contributed by atoms with van der Waals surface area (Å²) in [6, 6.07) is 32.8. The minimum Gasteiger partial charge on any atom is -0.478 e. The smallest absolute Gasteiger partial charge is 0.338 e. The molecule has 6 rings (SSSR count). The van der Waals surface area contributed by atoms with Crippen molar-refractivity contribution in [2.24, 2.45) is 0 Å². The number of carbonyl (C=O) groups excluding carboxylic acids is 1. The maximum atomic E-state index is 12.0. The third-order valence-electron chi connectivity index (χ3n) is 6.32. The molecule has 2 aromatic heterocycles. The first-order valence-corrected chi connectivity index (χ1v) is 13.2. The first-order valence-electron chi connectivity index (χ1n) is 12.5. The first-order chi connectivity index (χ1) is 19.8. The summed E-state index contributed by atoms with van der Waals surface area (Å²) >= 11 is 12.0. The third kappa shape index (κ3) is 6.19. The number of benzene rings is 4. The number of methoxy groups -OCH3 is 1. The molecular formula is C33H24Cl2N2O4. The van der Waals surface area contributed by atoms with Crippen molar-refractivity contribution in [1.29, 1.82) is 0 Å². The Hall–Kier alpha value is -4.78. The lowest BCUT2D eigenvalue weighted by Crippen LogP contribution is -2.03. The maximum absolute atomic E-state index is 12.0. The maximum Gasteiger partial charge on any atom is 0.338 e. The average Bonchev–Trinajstić information content (AvgIpc) is 3.00. The Labute approximate surface area is 247 Å². The van der Waals surface area contributed by atoms with Crippen molar-refractivity contribution in [2.45, 2.75) is 0 Å². The molecule has 41 heavy (non-hydrogen) atoms. The van der Waals surface area contributed by atoms with E-state index in [4.69, 9.17) is 27.9 Å². The van der Waals surface area contributed by atoms with E-state index in [2.05, 4.69) is 9.97 Å². The first kappa shape index (κ1) is 27.8. The molecule has 2 heterocycles. The number of aromatic carboxylic acids is 1. The van der Waals surface area contributed by atoms with Gasteiger partial charge in [0.15, 0.2) is 0 Å². The van der Waals surface area contributed by atoms with Gasteiger partial charge in [-0.3, -0.25) is 0 Å². The molecule has 1 N–H and O–H groups in total. The Morgan fingerprint density at radius 3 is 1.54 bits per heavy atom. The van der Waals surface area contributed by atoms with Crippen molar-refractivity contribution in [3.63, 3.8) is 0 Å². The Kier molecular flexibility index (Phi) is 8.24. The van der Waals surface area contributed by atoms with Crippen molar-refractivity contribution in [2.75, 3.05) is 7.11 Å². The van der Waals surface area contributed by atoms with Gasteiger partial charge in [-0.2, -0.15) is 0 Å². The molecule has 0 saturated heterocycles. The van der Waals surface area contributed by atoms with Crippen LogP contribution in [-0.2, 0) is 4.74 Å². The van der Waals surface area contributed by atoms with E-state index < -0.39 is 5.97 Å². The van der Waals surface area contributed by atoms with Gasteiger partial charge in [-0.15, -0.1) is 0 Å². The molecule has 0 aliphatic rings. The van der Waals surface area contributed by atoms with Crippen molar-refractivity contribution < 1.29 is 20.9 Å². The Bertz CT molecular complexity index is 1900. The Morgan fingerprint density at radius 1 is 0.659 bits per heavy atom. The van der Waals surface area contributed by atoms with E-state index in [0.29, 0.717) is 43.4 Å². The number of hydrogen-bond donors (Lipinski definition) is 1. The largest absolute Gasteiger partial charge is 0.478 e. The van der Waals surface area contributed by atoms with Gasteiger partial charge in [0.1, 0.15) is 0 Å². The predicted octanol–water partition coefficient (Wildman–Crippen LogP) is 8.84. The number of esters is 1. The molecular weight excluding hydrogens is 559 g/mol. The van der Waals surface area contributed by atoms with Crippen LogP contribution in [0.1, 0.15) is 22.1 Å². The number of halogens is 2. The average molecular weight is 584 g/mol. The summed E-state index contributed by atoms with van der Waals surface area (Å²) in [6.45, 7) is 0. The highest BCUT2D eigenvalue weighted by Gasteiger charge is 2.15. The zero-order valence-electron chi connectivity index (χ0n) is 21.7. The number of hydrogen-bond acceptors (Lipinski definition) is 5. The number of pyridine rings is 2. The molecule has 0 unspecified atom stereocenters. The van der Waals surface area contributed by atoms with Gasteiger partial charge in [0.05, 0.1) is 40.7 Å². The fraction of sp³-hybridized carbons (Fsp3) is 0.0303. The number of carbonyl (C=O) groups is 2. The summed E-state index contributed by atoms with van der Waals surface area (Å²) in [5.74, 6) is -1.36. The number of rotatable bonds is 4. The van der Waals surface area contributed by atoms with Crippen LogP contribution in [0.4, 0.5) is 0 Å². The molecule has 0 radical (unpaired) electrons. The molecule has 8 heteroatoms. The fourth-order valence-electron chi connectivity index (χ4n) is 4.37. The predicted molar refractivity (Wildman–Crippen MR) is 165 cm³/mol. The minimum atomic E-state index is -0.975. The molecule has 6 aromatic rings. The number of carboxylic acid groups (broad SMARTS) is 1. The zero-order chi connectivity index (χ0) is 28.9. The Balaban J connectivity index is 0.000000189. The van der Waals surface area contributed by atoms with Crippen molar-refractivity contribution in [1.82, 2.24) is 9.97 Å². The van der Waals surface area contributed by atoms with Gasteiger partial charge in [-0.1, -0.05) is 96.0 Å². The normalized spacial score (nSPS) is 10.6. The minimum absolute atomic E-state index is 0. The van der Waals surface area contributed by atoms with Crippen molar-refractivity contribution >= 4 is 56.9 Å². The molecule has 0 aliphatic heterocycles. The summed E-state index contributed by atoms with van der Waals surface area (Å²) in [6.07, 6.45) is 0. The van der Waals surface area contributed by atoms with Crippen LogP contribution in [0.3, 0.4) is 0 Å². The van der Waals surface area contributed by atoms with E-state index in [-0.39, 0.29) is 13.0 Å². The van der Waals surface area contributed by atoms with Gasteiger partial charge in [0.2, 0.25) is 0 Å². The van der Waals surface area contributed by atoms with E-state index in [1.165, 1.54) is 7.11 Å². The summed E-state index contributed by atoms with van der Waals surface area (Å²) in [5, 5.41) is 11.8. The van der Waals surface area contributed by atoms with Gasteiger partial charge >= 0.3 is 11.9 Å². The lowest BCUT2D eigenvalue weighted by Gasteiger charge is -2.09. The van der Waals surface area contributed by atoms with E-state index in [9.17, 15) is 14.7 Å². The van der Waals surface area contributed by atoms with Crippen LogP contribution in [0.15, 0.2) is 109 Å². The molecule has 0 saturated carbocycles. The highest BCUT2D eigenvalue weighted by Crippen LogP contribution is 2.28. The molecule has 0 spiro atoms. The highest BCUT2D eigenvalue weighted by atomic mass is 35.5. The van der Waals surface area contributed by atoms with Gasteiger partial charge in [-0.25, -0.2) is 19.6 Å². The third-order valence-corrected chi connectivity index (χ3v) is 6.79. The van der Waals surface area contributed by atoms with Gasteiger partial charge in [0.25, 0.3) is 0 Å². The second-order valence-corrected chi connectivity index (χ2v) is 9.83. The highest BCUT2D eigenvalue weighted by molar-refractivity contribution is 6.31. The standard InChI is InChI=1S/C17H12ClNO2.C16H10ClNO2.H2/c1-21-17(20)14-10-15(11-5-3-2-4-6-11)19-16-9-12(18)7-8-13(14)16;17-11-6-7-12-13(16(19)20)9-14(18-15(12)8-11)10-4-2-1-3-5-10;/h2-10H,1H3;1-9H,(H,19,20);1H/i;;1+1. The van der Waals surface area contributed by atoms with Crippen molar-refractivity contribution in [3.8, 4) is 22.5 Å². The lowest BCUT2D eigenvalue weighted by molar-refractivity contribution is 0.0602. The Morgan fingerprint density at radius 2 is 1.10 bits per heavy atom. The number of nitrogens with zero attached hydrogens (tertiary/aromatic N) is 2. The number of aromatic nitrogens is 2. The van der Waals surface area contributed by atoms with Crippen LogP contribution < -0.4 is 0 Å². The quantitative estimate of drug-likeness (QED) is 0.208. The molecule has 6 nitrogen and oxygen atoms in total. The zero-order valence-corrected chi connectivity index (χ0v) is 23.2. The molecule has 0 aliphatic carbocycles. The molecule has 204 valence electrons. The summed E-state index contributed by atoms with van der Waals surface area (Å²) in [4.78, 5) is 32.5. The monoisotopic (exact) mass is 583 g/mol. The molecule has 4 aromatic carbocycles. The topological polar surface area (TPSA) is 89.4 Å². The van der Waals surface area contributed by atoms with E-state index in [1.54, 1.807) is 48.5 Å². The van der Waals surface area contributed by atoms with E-state index in [1.807, 2.05) is 60.7 Å². The van der Waals surface area contributed by atoms with E-state index >= 15 is 0 Å².